The summed E-state index contributed by atoms with van der Waals surface area (Å²) in [5.41, 5.74) is 1.95. The van der Waals surface area contributed by atoms with Crippen LogP contribution in [0.15, 0.2) is 56.9 Å². The number of amidine groups is 1. The Labute approximate surface area is 275 Å². The van der Waals surface area contributed by atoms with Gasteiger partial charge in [-0.1, -0.05) is 54.9 Å². The maximum Gasteiger partial charge on any atom is 0.404 e. The van der Waals surface area contributed by atoms with Crippen LogP contribution in [-0.4, -0.2) is 73.9 Å². The Hall–Kier alpha value is -4.27. The highest BCUT2D eigenvalue weighted by molar-refractivity contribution is 7.93. The molecule has 14 heteroatoms. The molecule has 2 aromatic carbocycles. The molecule has 1 aliphatic heterocycles. The van der Waals surface area contributed by atoms with Crippen LogP contribution in [0.1, 0.15) is 62.5 Å². The van der Waals surface area contributed by atoms with Gasteiger partial charge in [-0.05, 0) is 56.9 Å². The predicted molar refractivity (Wildman–Crippen MR) is 177 cm³/mol. The zero-order valence-electron chi connectivity index (χ0n) is 27.7. The van der Waals surface area contributed by atoms with Gasteiger partial charge in [-0.25, -0.2) is 17.5 Å². The number of anilines is 1. The smallest absolute Gasteiger partial charge is 0.404 e. The number of methoxy groups -OCH3 is 1. The summed E-state index contributed by atoms with van der Waals surface area (Å²) in [4.78, 5) is 31.2. The standard InChI is InChI=1S/C33H43N5O8S/c1-7-9-14-29-35-33(5,20-34-32(40)41)31(39)37(29)18-24-15-16-26(25(17-24)19-45-8-2)27-12-10-11-13-28(27)47(42,43)38(21-44-6)30-22(3)23(4)46-36-30/h10-13,15-17,34H,7-9,14,18-21H2,1-6H3,(H,40,41). The number of sulfonamides is 1. The van der Waals surface area contributed by atoms with Gasteiger partial charge in [0, 0.05) is 31.3 Å². The molecule has 2 heterocycles. The third kappa shape index (κ3) is 7.66. The molecule has 1 aromatic heterocycles. The molecule has 1 atom stereocenters. The van der Waals surface area contributed by atoms with E-state index in [1.807, 2.05) is 32.0 Å². The first-order valence-electron chi connectivity index (χ1n) is 15.5. The van der Waals surface area contributed by atoms with Crippen molar-refractivity contribution >= 4 is 33.7 Å². The van der Waals surface area contributed by atoms with Crippen LogP contribution in [-0.2, 0) is 37.4 Å². The minimum atomic E-state index is -4.19. The molecule has 47 heavy (non-hydrogen) atoms. The second-order valence-corrected chi connectivity index (χ2v) is 13.4. The number of amides is 2. The fourth-order valence-corrected chi connectivity index (χ4v) is 6.99. The normalized spacial score (nSPS) is 16.4. The first-order chi connectivity index (χ1) is 22.4. The lowest BCUT2D eigenvalue weighted by molar-refractivity contribution is -0.130. The van der Waals surface area contributed by atoms with Gasteiger partial charge in [0.1, 0.15) is 18.3 Å². The molecule has 1 aliphatic rings. The van der Waals surface area contributed by atoms with E-state index in [0.29, 0.717) is 41.3 Å². The number of ether oxygens (including phenoxy) is 2. The molecule has 2 N–H and O–H groups in total. The monoisotopic (exact) mass is 669 g/mol. The van der Waals surface area contributed by atoms with E-state index in [0.717, 1.165) is 28.3 Å². The van der Waals surface area contributed by atoms with E-state index in [-0.39, 0.29) is 43.0 Å². The maximum absolute atomic E-state index is 14.2. The molecule has 4 rings (SSSR count). The van der Waals surface area contributed by atoms with Gasteiger partial charge in [0.05, 0.1) is 24.6 Å². The van der Waals surface area contributed by atoms with Gasteiger partial charge < -0.3 is 24.4 Å². The molecule has 2 amide bonds. The van der Waals surface area contributed by atoms with Gasteiger partial charge in [-0.2, -0.15) is 0 Å². The van der Waals surface area contributed by atoms with Crippen LogP contribution in [0, 0.1) is 13.8 Å². The third-order valence-electron chi connectivity index (χ3n) is 8.06. The first-order valence-corrected chi connectivity index (χ1v) is 16.9. The van der Waals surface area contributed by atoms with Crippen molar-refractivity contribution < 1.29 is 37.1 Å². The molecular weight excluding hydrogens is 626 g/mol. The van der Waals surface area contributed by atoms with Crippen molar-refractivity contribution in [3.05, 3.63) is 64.9 Å². The highest BCUT2D eigenvalue weighted by Gasteiger charge is 2.44. The van der Waals surface area contributed by atoms with Crippen LogP contribution in [0.4, 0.5) is 10.6 Å². The average molecular weight is 670 g/mol. The number of aliphatic imine (C=N–C) groups is 1. The highest BCUT2D eigenvalue weighted by atomic mass is 32.2. The number of hydrogen-bond acceptors (Lipinski definition) is 9. The predicted octanol–water partition coefficient (Wildman–Crippen LogP) is 5.25. The third-order valence-corrected chi connectivity index (χ3v) is 9.83. The van der Waals surface area contributed by atoms with Crippen molar-refractivity contribution in [3.8, 4) is 11.1 Å². The van der Waals surface area contributed by atoms with Crippen molar-refractivity contribution in [2.75, 3.05) is 31.3 Å². The Bertz CT molecular complexity index is 1740. The number of aryl methyl sites for hydroxylation is 1. The van der Waals surface area contributed by atoms with Crippen molar-refractivity contribution in [1.82, 2.24) is 15.4 Å². The van der Waals surface area contributed by atoms with Crippen LogP contribution in [0.25, 0.3) is 11.1 Å². The van der Waals surface area contributed by atoms with Crippen LogP contribution >= 0.6 is 0 Å². The van der Waals surface area contributed by atoms with Crippen LogP contribution in [0.5, 0.6) is 0 Å². The zero-order chi connectivity index (χ0) is 34.4. The van der Waals surface area contributed by atoms with Crippen LogP contribution in [0.2, 0.25) is 0 Å². The van der Waals surface area contributed by atoms with Crippen molar-refractivity contribution in [3.63, 3.8) is 0 Å². The number of rotatable bonds is 16. The molecule has 1 unspecified atom stereocenters. The van der Waals surface area contributed by atoms with E-state index in [9.17, 15) is 18.0 Å². The Kier molecular flexibility index (Phi) is 11.4. The van der Waals surface area contributed by atoms with Crippen molar-refractivity contribution in [1.29, 1.82) is 0 Å². The Morgan fingerprint density at radius 1 is 1.15 bits per heavy atom. The lowest BCUT2D eigenvalue weighted by Crippen LogP contribution is -2.47. The van der Waals surface area contributed by atoms with Gasteiger partial charge in [0.2, 0.25) is 0 Å². The zero-order valence-corrected chi connectivity index (χ0v) is 28.5. The Balaban J connectivity index is 1.75. The van der Waals surface area contributed by atoms with Crippen molar-refractivity contribution in [2.24, 2.45) is 4.99 Å². The molecule has 0 aliphatic carbocycles. The number of carbonyl (C=O) groups is 2. The summed E-state index contributed by atoms with van der Waals surface area (Å²) < 4.78 is 46.0. The van der Waals surface area contributed by atoms with E-state index in [1.165, 1.54) is 7.11 Å². The van der Waals surface area contributed by atoms with E-state index in [2.05, 4.69) is 15.5 Å². The molecule has 0 fully saturated rings. The number of carbonyl (C=O) groups excluding carboxylic acids is 1. The molecule has 0 radical (unpaired) electrons. The average Bonchev–Trinajstić information content (AvgIpc) is 3.50. The molecule has 0 bridgehead atoms. The summed E-state index contributed by atoms with van der Waals surface area (Å²) in [6, 6.07) is 12.3. The number of aromatic nitrogens is 1. The summed E-state index contributed by atoms with van der Waals surface area (Å²) in [5, 5.41) is 15.5. The van der Waals surface area contributed by atoms with Crippen molar-refractivity contribution in [2.45, 2.75) is 77.5 Å². The summed E-state index contributed by atoms with van der Waals surface area (Å²) in [5.74, 6) is 0.957. The fourth-order valence-electron chi connectivity index (χ4n) is 5.41. The molecule has 3 aromatic rings. The van der Waals surface area contributed by atoms with Crippen LogP contribution in [0.3, 0.4) is 0 Å². The summed E-state index contributed by atoms with van der Waals surface area (Å²) in [6.07, 6.45) is 1.07. The molecular formula is C33H43N5O8S. The summed E-state index contributed by atoms with van der Waals surface area (Å²) in [7, 11) is -2.78. The van der Waals surface area contributed by atoms with Gasteiger partial charge >= 0.3 is 6.09 Å². The second kappa shape index (κ2) is 15.1. The number of nitrogens with zero attached hydrogens (tertiary/aromatic N) is 4. The van der Waals surface area contributed by atoms with E-state index in [4.69, 9.17) is 19.1 Å². The second-order valence-electron chi connectivity index (χ2n) is 11.5. The maximum atomic E-state index is 14.2. The van der Waals surface area contributed by atoms with Gasteiger partial charge in [0.15, 0.2) is 11.4 Å². The summed E-state index contributed by atoms with van der Waals surface area (Å²) in [6.45, 7) is 9.42. The minimum Gasteiger partial charge on any atom is -0.465 e. The SMILES string of the molecule is CCCCC1=NC(C)(CNC(=O)O)C(=O)N1Cc1ccc(-c2ccccc2S(=O)(=O)N(COC)c2noc(C)c2C)c(COCC)c1. The lowest BCUT2D eigenvalue weighted by Gasteiger charge is -2.25. The highest BCUT2D eigenvalue weighted by Crippen LogP contribution is 2.36. The molecule has 254 valence electrons. The number of nitrogens with one attached hydrogen (secondary N) is 1. The van der Waals surface area contributed by atoms with Gasteiger partial charge in [0.25, 0.3) is 15.9 Å². The Morgan fingerprint density at radius 2 is 1.89 bits per heavy atom. The largest absolute Gasteiger partial charge is 0.465 e. The summed E-state index contributed by atoms with van der Waals surface area (Å²) >= 11 is 0. The van der Waals surface area contributed by atoms with E-state index < -0.39 is 21.7 Å². The lowest BCUT2D eigenvalue weighted by atomic mass is 9.97. The fraction of sp³-hybridized carbons (Fsp3) is 0.455. The van der Waals surface area contributed by atoms with E-state index in [1.54, 1.807) is 49.9 Å². The number of unbranched alkanes of at least 4 members (excludes halogenated alkanes) is 1. The number of benzene rings is 2. The molecule has 0 saturated carbocycles. The molecule has 0 saturated heterocycles. The van der Waals surface area contributed by atoms with Gasteiger partial charge in [-0.3, -0.25) is 14.7 Å². The topological polar surface area (TPSA) is 164 Å². The minimum absolute atomic E-state index is 0.0491. The number of hydrogen-bond donors (Lipinski definition) is 2. The van der Waals surface area contributed by atoms with Gasteiger partial charge in [-0.15, -0.1) is 0 Å². The molecule has 0 spiro atoms. The first kappa shape index (κ1) is 35.6. The van der Waals surface area contributed by atoms with E-state index >= 15 is 0 Å². The quantitative estimate of drug-likeness (QED) is 0.194. The Morgan fingerprint density at radius 3 is 2.53 bits per heavy atom. The number of carboxylic acid groups (broad SMARTS) is 1. The molecule has 13 nitrogen and oxygen atoms in total. The van der Waals surface area contributed by atoms with Crippen LogP contribution < -0.4 is 9.62 Å².